The molecule has 0 spiro atoms. The highest BCUT2D eigenvalue weighted by Crippen LogP contribution is 2.34. The Balaban J connectivity index is 1.34. The number of thioether (sulfide) groups is 1. The lowest BCUT2D eigenvalue weighted by molar-refractivity contribution is -0.113. The maximum Gasteiger partial charge on any atom is 0.262 e. The summed E-state index contributed by atoms with van der Waals surface area (Å²) < 4.78 is 34.9. The second-order valence-electron chi connectivity index (χ2n) is 7.11. The highest BCUT2D eigenvalue weighted by atomic mass is 32.2. The van der Waals surface area contributed by atoms with Crippen LogP contribution in [0.3, 0.4) is 0 Å². The van der Waals surface area contributed by atoms with E-state index in [9.17, 15) is 18.0 Å². The molecule has 2 aromatic carbocycles. The van der Waals surface area contributed by atoms with Crippen LogP contribution in [-0.4, -0.2) is 46.6 Å². The van der Waals surface area contributed by atoms with Gasteiger partial charge >= 0.3 is 0 Å². The topological polar surface area (TPSA) is 171 Å². The molecule has 1 amide bonds. The van der Waals surface area contributed by atoms with Gasteiger partial charge in [0.1, 0.15) is 5.39 Å². The lowest BCUT2D eigenvalue weighted by atomic mass is 10.3. The van der Waals surface area contributed by atoms with E-state index in [1.54, 1.807) is 18.2 Å². The number of primary sulfonamides is 1. The number of hydrogen-bond donors (Lipinski definition) is 3. The van der Waals surface area contributed by atoms with Crippen LogP contribution in [0, 0.1) is 0 Å². The largest absolute Gasteiger partial charge is 0.454 e. The minimum atomic E-state index is -3.84. The molecule has 0 radical (unpaired) electrons. The van der Waals surface area contributed by atoms with E-state index in [1.165, 1.54) is 35.1 Å². The highest BCUT2D eigenvalue weighted by molar-refractivity contribution is 7.99. The fourth-order valence-electron chi connectivity index (χ4n) is 3.24. The summed E-state index contributed by atoms with van der Waals surface area (Å²) in [5.74, 6) is 0.837. The third kappa shape index (κ3) is 4.33. The number of ether oxygens (including phenoxy) is 2. The van der Waals surface area contributed by atoms with Gasteiger partial charge < -0.3 is 19.8 Å². The zero-order valence-electron chi connectivity index (χ0n) is 17.2. The first-order valence-corrected chi connectivity index (χ1v) is 12.2. The van der Waals surface area contributed by atoms with Crippen LogP contribution >= 0.6 is 11.8 Å². The van der Waals surface area contributed by atoms with Crippen LogP contribution in [0.4, 0.5) is 5.69 Å². The molecule has 5 rings (SSSR count). The van der Waals surface area contributed by atoms with Gasteiger partial charge in [0.2, 0.25) is 22.7 Å². The lowest BCUT2D eigenvalue weighted by Crippen LogP contribution is -2.15. The van der Waals surface area contributed by atoms with E-state index in [0.29, 0.717) is 22.9 Å². The van der Waals surface area contributed by atoms with Crippen molar-refractivity contribution < 1.29 is 22.7 Å². The first kappa shape index (κ1) is 21.9. The first-order valence-electron chi connectivity index (χ1n) is 9.71. The molecule has 0 unspecified atom stereocenters. The number of carbonyl (C=O) groups is 1. The van der Waals surface area contributed by atoms with Crippen molar-refractivity contribution in [3.05, 3.63) is 59.0 Å². The molecule has 0 bridgehead atoms. The van der Waals surface area contributed by atoms with Crippen LogP contribution in [0.2, 0.25) is 0 Å². The van der Waals surface area contributed by atoms with Gasteiger partial charge in [-0.15, -0.1) is 0 Å². The van der Waals surface area contributed by atoms with Crippen molar-refractivity contribution in [3.8, 4) is 17.2 Å². The van der Waals surface area contributed by atoms with Crippen LogP contribution in [0.25, 0.3) is 16.7 Å². The van der Waals surface area contributed by atoms with Crippen LogP contribution in [0.1, 0.15) is 0 Å². The molecule has 0 fully saturated rings. The predicted octanol–water partition coefficient (Wildman–Crippen LogP) is 1.22. The van der Waals surface area contributed by atoms with Gasteiger partial charge in [0, 0.05) is 11.8 Å². The fraction of sp³-hybridized carbons (Fsp3) is 0.100. The molecular formula is C20H16N6O6S2. The molecule has 12 nitrogen and oxygen atoms in total. The zero-order chi connectivity index (χ0) is 23.9. The van der Waals surface area contributed by atoms with Gasteiger partial charge in [0.05, 0.1) is 22.5 Å². The number of nitrogens with one attached hydrogen (secondary N) is 2. The summed E-state index contributed by atoms with van der Waals surface area (Å²) >= 11 is 1.04. The van der Waals surface area contributed by atoms with Crippen LogP contribution in [-0.2, 0) is 14.8 Å². The van der Waals surface area contributed by atoms with E-state index in [2.05, 4.69) is 20.4 Å². The molecule has 0 saturated heterocycles. The SMILES string of the molecule is NS(=O)(=O)c1ccc(-n2ncc3c(=O)[nH]c(SCC(=O)Nc4ccc5c(c4)OCO5)nc32)cc1. The average molecular weight is 501 g/mol. The number of amides is 1. The molecule has 0 saturated carbocycles. The summed E-state index contributed by atoms with van der Waals surface area (Å²) in [5, 5.41) is 12.5. The van der Waals surface area contributed by atoms with Crippen molar-refractivity contribution in [1.29, 1.82) is 0 Å². The summed E-state index contributed by atoms with van der Waals surface area (Å²) in [4.78, 5) is 31.9. The molecule has 1 aliphatic rings. The van der Waals surface area contributed by atoms with Crippen molar-refractivity contribution in [3.63, 3.8) is 0 Å². The number of anilines is 1. The Hall–Kier alpha value is -3.88. The van der Waals surface area contributed by atoms with Crippen LogP contribution < -0.4 is 25.5 Å². The van der Waals surface area contributed by atoms with E-state index in [-0.39, 0.29) is 39.5 Å². The van der Waals surface area contributed by atoms with E-state index in [1.807, 2.05) is 0 Å². The smallest absolute Gasteiger partial charge is 0.262 e. The van der Waals surface area contributed by atoms with E-state index >= 15 is 0 Å². The minimum absolute atomic E-state index is 0.0138. The van der Waals surface area contributed by atoms with Crippen molar-refractivity contribution in [2.75, 3.05) is 17.9 Å². The predicted molar refractivity (Wildman–Crippen MR) is 123 cm³/mol. The average Bonchev–Trinajstić information content (AvgIpc) is 3.44. The molecule has 0 aliphatic carbocycles. The van der Waals surface area contributed by atoms with E-state index < -0.39 is 15.6 Å². The molecule has 0 atom stereocenters. The van der Waals surface area contributed by atoms with Gasteiger partial charge in [-0.3, -0.25) is 9.59 Å². The Bertz CT molecular complexity index is 1580. The third-order valence-corrected chi connectivity index (χ3v) is 6.63. The second-order valence-corrected chi connectivity index (χ2v) is 9.63. The van der Waals surface area contributed by atoms with Gasteiger partial charge in [-0.1, -0.05) is 11.8 Å². The summed E-state index contributed by atoms with van der Waals surface area (Å²) in [6.45, 7) is 0.136. The Morgan fingerprint density at radius 2 is 1.94 bits per heavy atom. The van der Waals surface area contributed by atoms with Gasteiger partial charge in [-0.25, -0.2) is 23.2 Å². The lowest BCUT2D eigenvalue weighted by Gasteiger charge is -2.07. The summed E-state index contributed by atoms with van der Waals surface area (Å²) in [6, 6.07) is 10.7. The molecule has 14 heteroatoms. The highest BCUT2D eigenvalue weighted by Gasteiger charge is 2.16. The number of benzene rings is 2. The molecule has 4 N–H and O–H groups in total. The summed E-state index contributed by atoms with van der Waals surface area (Å²) in [5.41, 5.74) is 0.867. The Morgan fingerprint density at radius 3 is 2.71 bits per heavy atom. The Morgan fingerprint density at radius 1 is 1.18 bits per heavy atom. The number of fused-ring (bicyclic) bond motifs is 2. The maximum absolute atomic E-state index is 12.5. The van der Waals surface area contributed by atoms with Crippen molar-refractivity contribution >= 4 is 44.4 Å². The van der Waals surface area contributed by atoms with Crippen LogP contribution in [0.15, 0.2) is 63.5 Å². The summed E-state index contributed by atoms with van der Waals surface area (Å²) in [7, 11) is -3.84. The quantitative estimate of drug-likeness (QED) is 0.260. The van der Waals surface area contributed by atoms with E-state index in [0.717, 1.165) is 11.8 Å². The second kappa shape index (κ2) is 8.48. The number of aromatic nitrogens is 4. The molecule has 1 aliphatic heterocycles. The monoisotopic (exact) mass is 500 g/mol. The van der Waals surface area contributed by atoms with Gasteiger partial charge in [-0.2, -0.15) is 5.10 Å². The molecule has 4 aromatic rings. The Kier molecular flexibility index (Phi) is 5.47. The minimum Gasteiger partial charge on any atom is -0.454 e. The number of sulfonamides is 1. The molecule has 174 valence electrons. The number of nitrogens with two attached hydrogens (primary N) is 1. The molecule has 34 heavy (non-hydrogen) atoms. The first-order chi connectivity index (χ1) is 16.3. The number of nitrogens with zero attached hydrogens (tertiary/aromatic N) is 3. The number of carbonyl (C=O) groups excluding carboxylic acids is 1. The molecule has 2 aromatic heterocycles. The number of H-pyrrole nitrogens is 1. The fourth-order valence-corrected chi connectivity index (χ4v) is 4.41. The van der Waals surface area contributed by atoms with Gasteiger partial charge in [0.25, 0.3) is 5.56 Å². The van der Waals surface area contributed by atoms with Gasteiger partial charge in [0.15, 0.2) is 22.3 Å². The normalized spacial score (nSPS) is 12.7. The summed E-state index contributed by atoms with van der Waals surface area (Å²) in [6.07, 6.45) is 1.36. The number of hydrogen-bond acceptors (Lipinski definition) is 9. The third-order valence-electron chi connectivity index (χ3n) is 4.82. The number of aromatic amines is 1. The van der Waals surface area contributed by atoms with Gasteiger partial charge in [-0.05, 0) is 36.4 Å². The molecular weight excluding hydrogens is 484 g/mol. The Labute approximate surface area is 196 Å². The van der Waals surface area contributed by atoms with Crippen LogP contribution in [0.5, 0.6) is 11.5 Å². The van der Waals surface area contributed by atoms with Crippen molar-refractivity contribution in [1.82, 2.24) is 19.7 Å². The van der Waals surface area contributed by atoms with Crippen molar-refractivity contribution in [2.45, 2.75) is 10.1 Å². The standard InChI is InChI=1S/C20H16N6O6S2/c21-34(29,30)13-4-2-12(3-5-13)26-18-14(8-22-26)19(28)25-20(24-18)33-9-17(27)23-11-1-6-15-16(7-11)32-10-31-15/h1-8H,9-10H2,(H,23,27)(H2,21,29,30)(H,24,25,28). The van der Waals surface area contributed by atoms with Crippen molar-refractivity contribution in [2.24, 2.45) is 5.14 Å². The van der Waals surface area contributed by atoms with E-state index in [4.69, 9.17) is 14.6 Å². The zero-order valence-corrected chi connectivity index (χ0v) is 18.9. The maximum atomic E-state index is 12.5. The molecule has 3 heterocycles. The number of rotatable bonds is 6.